The van der Waals surface area contributed by atoms with E-state index < -0.39 is 0 Å². The van der Waals surface area contributed by atoms with Crippen LogP contribution in [-0.2, 0) is 0 Å². The van der Waals surface area contributed by atoms with Crippen LogP contribution in [0.1, 0.15) is 119 Å². The van der Waals surface area contributed by atoms with E-state index in [1.54, 1.807) is 0 Å². The van der Waals surface area contributed by atoms with E-state index in [9.17, 15) is 5.11 Å². The first-order valence-corrected chi connectivity index (χ1v) is 13.8. The van der Waals surface area contributed by atoms with Gasteiger partial charge in [-0.15, -0.1) is 0 Å². The average molecular weight is 427 g/mol. The Hall–Kier alpha value is -0.560. The highest BCUT2D eigenvalue weighted by molar-refractivity contribution is 5.35. The Labute approximate surface area is 193 Å². The molecule has 0 bridgehead atoms. The van der Waals surface area contributed by atoms with E-state index in [4.69, 9.17) is 0 Å². The summed E-state index contributed by atoms with van der Waals surface area (Å²) in [5.41, 5.74) is 6.18. The maximum absolute atomic E-state index is 10.8. The van der Waals surface area contributed by atoms with Crippen LogP contribution in [0.2, 0.25) is 0 Å². The zero-order chi connectivity index (χ0) is 22.4. The lowest BCUT2D eigenvalue weighted by Crippen LogP contribution is -2.49. The second-order valence-electron chi connectivity index (χ2n) is 12.7. The van der Waals surface area contributed by atoms with E-state index in [1.165, 1.54) is 76.2 Å². The highest BCUT2D eigenvalue weighted by Gasteiger charge is 2.57. The van der Waals surface area contributed by atoms with Gasteiger partial charge in [0.25, 0.3) is 0 Å². The molecular formula is C30H50O. The molecule has 0 saturated heterocycles. The summed E-state index contributed by atoms with van der Waals surface area (Å²) >= 11 is 0. The molecule has 0 heterocycles. The van der Waals surface area contributed by atoms with E-state index in [-0.39, 0.29) is 6.10 Å². The lowest BCUT2D eigenvalue weighted by molar-refractivity contribution is -0.0451. The van der Waals surface area contributed by atoms with E-state index in [0.717, 1.165) is 30.1 Å². The normalized spacial score (nSPS) is 43.1. The third-order valence-corrected chi connectivity index (χ3v) is 10.8. The topological polar surface area (TPSA) is 20.2 Å². The lowest BCUT2D eigenvalue weighted by Gasteiger charge is -2.57. The molecule has 1 N–H and O–H groups in total. The fraction of sp³-hybridized carbons (Fsp3) is 0.867. The van der Waals surface area contributed by atoms with Crippen molar-refractivity contribution < 1.29 is 5.11 Å². The van der Waals surface area contributed by atoms with Crippen molar-refractivity contribution in [2.24, 2.45) is 40.4 Å². The minimum atomic E-state index is -0.0495. The Morgan fingerprint density at radius 1 is 1.10 bits per heavy atom. The molecular weight excluding hydrogens is 376 g/mol. The molecule has 0 aromatic rings. The molecule has 0 aliphatic heterocycles. The van der Waals surface area contributed by atoms with Crippen molar-refractivity contribution in [3.63, 3.8) is 0 Å². The summed E-state index contributed by atoms with van der Waals surface area (Å²) in [6.45, 7) is 14.6. The summed E-state index contributed by atoms with van der Waals surface area (Å²) in [7, 11) is 0. The number of rotatable bonds is 6. The second kappa shape index (κ2) is 9.00. The van der Waals surface area contributed by atoms with Gasteiger partial charge >= 0.3 is 0 Å². The van der Waals surface area contributed by atoms with Crippen LogP contribution in [0.15, 0.2) is 22.8 Å². The summed E-state index contributed by atoms with van der Waals surface area (Å²) in [6.07, 6.45) is 18.0. The van der Waals surface area contributed by atoms with Crippen LogP contribution >= 0.6 is 0 Å². The first-order valence-electron chi connectivity index (χ1n) is 13.8. The minimum Gasteiger partial charge on any atom is -0.393 e. The third-order valence-electron chi connectivity index (χ3n) is 10.8. The van der Waals surface area contributed by atoms with Crippen molar-refractivity contribution in [3.8, 4) is 0 Å². The number of hydrogen-bond donors (Lipinski definition) is 1. The Morgan fingerprint density at radius 2 is 1.87 bits per heavy atom. The molecule has 0 amide bonds. The van der Waals surface area contributed by atoms with E-state index in [0.29, 0.717) is 16.7 Å². The fourth-order valence-corrected chi connectivity index (χ4v) is 9.24. The summed E-state index contributed by atoms with van der Waals surface area (Å²) in [5, 5.41) is 10.8. The molecule has 176 valence electrons. The first kappa shape index (κ1) is 23.6. The zero-order valence-electron chi connectivity index (χ0n) is 21.5. The smallest absolute Gasteiger partial charge is 0.0571 e. The average Bonchev–Trinajstić information content (AvgIpc) is 3.07. The number of allylic oxidation sites excluding steroid dienone is 4. The Morgan fingerprint density at radius 3 is 2.58 bits per heavy atom. The van der Waals surface area contributed by atoms with Gasteiger partial charge in [-0.1, -0.05) is 56.9 Å². The van der Waals surface area contributed by atoms with Crippen molar-refractivity contribution in [2.45, 2.75) is 125 Å². The van der Waals surface area contributed by atoms with Gasteiger partial charge < -0.3 is 5.11 Å². The monoisotopic (exact) mass is 426 g/mol. The standard InChI is InChI=1S/C30H50O/c1-7-9-23-26-13-12-22-25-15-14-24(21(4)11-8-10-20(2)3)29(25,5)18-16-27(22)30(26,6)19-17-28(23)31/h10,21,23-26,28,31H,7-9,11-19H2,1-6H3/t21-,23?,24-,25+,26?,28?,29-,30+/m1/s1. The van der Waals surface area contributed by atoms with Crippen molar-refractivity contribution >= 4 is 0 Å². The number of fused-ring (bicyclic) bond motifs is 4. The van der Waals surface area contributed by atoms with Crippen LogP contribution in [0.5, 0.6) is 0 Å². The molecule has 1 nitrogen and oxygen atoms in total. The molecule has 0 aromatic heterocycles. The van der Waals surface area contributed by atoms with Gasteiger partial charge in [0.15, 0.2) is 0 Å². The second-order valence-corrected chi connectivity index (χ2v) is 12.7. The van der Waals surface area contributed by atoms with Gasteiger partial charge in [0.1, 0.15) is 0 Å². The molecule has 31 heavy (non-hydrogen) atoms. The molecule has 3 unspecified atom stereocenters. The predicted octanol–water partition coefficient (Wildman–Crippen LogP) is 8.48. The summed E-state index contributed by atoms with van der Waals surface area (Å²) in [4.78, 5) is 0. The van der Waals surface area contributed by atoms with Gasteiger partial charge in [0.05, 0.1) is 6.10 Å². The van der Waals surface area contributed by atoms with Crippen molar-refractivity contribution in [1.82, 2.24) is 0 Å². The van der Waals surface area contributed by atoms with Crippen LogP contribution in [0.4, 0.5) is 0 Å². The lowest BCUT2D eigenvalue weighted by atomic mass is 9.48. The molecule has 4 aliphatic rings. The molecule has 0 radical (unpaired) electrons. The van der Waals surface area contributed by atoms with E-state index in [2.05, 4.69) is 47.6 Å². The Balaban J connectivity index is 1.57. The molecule has 0 spiro atoms. The highest BCUT2D eigenvalue weighted by Crippen LogP contribution is 2.66. The molecule has 0 aromatic carbocycles. The molecule has 4 rings (SSSR count). The van der Waals surface area contributed by atoms with Crippen molar-refractivity contribution in [2.75, 3.05) is 0 Å². The van der Waals surface area contributed by atoms with Crippen molar-refractivity contribution in [1.29, 1.82) is 0 Å². The van der Waals surface area contributed by atoms with E-state index >= 15 is 0 Å². The van der Waals surface area contributed by atoms with E-state index in [1.807, 2.05) is 11.1 Å². The third kappa shape index (κ3) is 4.00. The molecule has 2 fully saturated rings. The van der Waals surface area contributed by atoms with Gasteiger partial charge in [-0.2, -0.15) is 0 Å². The van der Waals surface area contributed by atoms with Crippen LogP contribution < -0.4 is 0 Å². The number of aliphatic hydroxyl groups is 1. The van der Waals surface area contributed by atoms with Gasteiger partial charge in [0.2, 0.25) is 0 Å². The fourth-order valence-electron chi connectivity index (χ4n) is 9.24. The Kier molecular flexibility index (Phi) is 6.85. The Bertz CT molecular complexity index is 712. The van der Waals surface area contributed by atoms with Crippen molar-refractivity contribution in [3.05, 3.63) is 22.8 Å². The first-order chi connectivity index (χ1) is 14.7. The minimum absolute atomic E-state index is 0.0495. The summed E-state index contributed by atoms with van der Waals surface area (Å²) in [5.74, 6) is 3.86. The van der Waals surface area contributed by atoms with Gasteiger partial charge in [-0.25, -0.2) is 0 Å². The number of hydrogen-bond acceptors (Lipinski definition) is 1. The van der Waals surface area contributed by atoms with Gasteiger partial charge in [-0.05, 0) is 125 Å². The quantitative estimate of drug-likeness (QED) is 0.422. The van der Waals surface area contributed by atoms with Crippen LogP contribution in [0.3, 0.4) is 0 Å². The maximum Gasteiger partial charge on any atom is 0.0571 e. The summed E-state index contributed by atoms with van der Waals surface area (Å²) < 4.78 is 0. The van der Waals surface area contributed by atoms with Gasteiger partial charge in [0, 0.05) is 0 Å². The SMILES string of the molecule is CCCC1C(O)CC[C@]2(C)C3=C(CCC12)[C@@H]1CC[C@H]([C@H](C)CCC=C(C)C)[C@@]1(C)CC3. The number of aliphatic hydroxyl groups excluding tert-OH is 1. The maximum atomic E-state index is 10.8. The molecule has 2 saturated carbocycles. The zero-order valence-corrected chi connectivity index (χ0v) is 21.5. The molecule has 4 aliphatic carbocycles. The van der Waals surface area contributed by atoms with Gasteiger partial charge in [-0.3, -0.25) is 0 Å². The molecule has 1 heteroatoms. The van der Waals surface area contributed by atoms with Crippen LogP contribution in [-0.4, -0.2) is 11.2 Å². The van der Waals surface area contributed by atoms with Crippen LogP contribution in [0.25, 0.3) is 0 Å². The predicted molar refractivity (Wildman–Crippen MR) is 133 cm³/mol. The highest BCUT2D eigenvalue weighted by atomic mass is 16.3. The molecule has 8 atom stereocenters. The van der Waals surface area contributed by atoms with Crippen LogP contribution in [0, 0.1) is 40.4 Å². The largest absolute Gasteiger partial charge is 0.393 e. The summed E-state index contributed by atoms with van der Waals surface area (Å²) in [6, 6.07) is 0.